The van der Waals surface area contributed by atoms with Crippen molar-refractivity contribution in [3.8, 4) is 5.82 Å². The molecule has 1 amide bonds. The Morgan fingerprint density at radius 2 is 2.14 bits per heavy atom. The zero-order valence-corrected chi connectivity index (χ0v) is 13.5. The number of nitrogens with two attached hydrogens (primary N) is 1. The first-order chi connectivity index (χ1) is 10.4. The van der Waals surface area contributed by atoms with Crippen molar-refractivity contribution in [2.24, 2.45) is 11.7 Å². The summed E-state index contributed by atoms with van der Waals surface area (Å²) in [5, 5.41) is 7.18. The molecule has 2 atom stereocenters. The first-order valence-corrected chi connectivity index (χ1v) is 7.48. The second kappa shape index (κ2) is 6.70. The Hall–Kier alpha value is -2.21. The minimum Gasteiger partial charge on any atom is -0.323 e. The fourth-order valence-electron chi connectivity index (χ4n) is 2.18. The van der Waals surface area contributed by atoms with Crippen molar-refractivity contribution >= 4 is 11.6 Å². The second-order valence-electron chi connectivity index (χ2n) is 5.64. The highest BCUT2D eigenvalue weighted by atomic mass is 16.2. The molecule has 118 valence electrons. The molecule has 2 aromatic heterocycles. The van der Waals surface area contributed by atoms with Crippen molar-refractivity contribution in [1.29, 1.82) is 0 Å². The van der Waals surface area contributed by atoms with Gasteiger partial charge in [-0.3, -0.25) is 4.79 Å². The van der Waals surface area contributed by atoms with Crippen LogP contribution in [0.1, 0.15) is 31.7 Å². The highest BCUT2D eigenvalue weighted by Crippen LogP contribution is 2.14. The lowest BCUT2D eigenvalue weighted by atomic mass is 9.99. The van der Waals surface area contributed by atoms with E-state index in [2.05, 4.69) is 15.4 Å². The van der Waals surface area contributed by atoms with Gasteiger partial charge in [0.2, 0.25) is 5.91 Å². The molecule has 2 unspecified atom stereocenters. The van der Waals surface area contributed by atoms with Crippen LogP contribution in [-0.2, 0) is 4.79 Å². The molecule has 6 heteroatoms. The van der Waals surface area contributed by atoms with E-state index in [0.717, 1.165) is 23.6 Å². The Labute approximate surface area is 130 Å². The zero-order chi connectivity index (χ0) is 16.3. The van der Waals surface area contributed by atoms with Gasteiger partial charge in [-0.2, -0.15) is 5.10 Å². The molecule has 6 nitrogen and oxygen atoms in total. The van der Waals surface area contributed by atoms with Gasteiger partial charge >= 0.3 is 0 Å². The second-order valence-corrected chi connectivity index (χ2v) is 5.64. The number of hydrogen-bond acceptors (Lipinski definition) is 4. The van der Waals surface area contributed by atoms with E-state index in [0.29, 0.717) is 5.69 Å². The van der Waals surface area contributed by atoms with Crippen molar-refractivity contribution in [3.63, 3.8) is 0 Å². The lowest BCUT2D eigenvalue weighted by molar-refractivity contribution is -0.118. The average molecular weight is 301 g/mol. The highest BCUT2D eigenvalue weighted by Gasteiger charge is 2.19. The normalized spacial score (nSPS) is 13.7. The number of carbonyl (C=O) groups excluding carboxylic acids is 1. The zero-order valence-electron chi connectivity index (χ0n) is 13.5. The predicted molar refractivity (Wildman–Crippen MR) is 86.9 cm³/mol. The maximum atomic E-state index is 12.0. The van der Waals surface area contributed by atoms with Gasteiger partial charge in [0.25, 0.3) is 0 Å². The minimum atomic E-state index is -0.513. The monoisotopic (exact) mass is 301 g/mol. The Kier molecular flexibility index (Phi) is 4.92. The van der Waals surface area contributed by atoms with Crippen LogP contribution in [0.15, 0.2) is 24.4 Å². The number of amides is 1. The minimum absolute atomic E-state index is 0.141. The van der Waals surface area contributed by atoms with Gasteiger partial charge in [-0.25, -0.2) is 9.67 Å². The molecule has 0 fully saturated rings. The summed E-state index contributed by atoms with van der Waals surface area (Å²) in [6, 6.07) is 5.10. The Balaban J connectivity index is 2.09. The molecule has 2 heterocycles. The number of aromatic nitrogens is 3. The fraction of sp³-hybridized carbons (Fsp3) is 0.438. The molecule has 0 bridgehead atoms. The molecule has 22 heavy (non-hydrogen) atoms. The van der Waals surface area contributed by atoms with Crippen molar-refractivity contribution in [2.45, 2.75) is 40.2 Å². The van der Waals surface area contributed by atoms with Gasteiger partial charge < -0.3 is 11.1 Å². The summed E-state index contributed by atoms with van der Waals surface area (Å²) >= 11 is 0. The van der Waals surface area contributed by atoms with E-state index in [1.807, 2.05) is 39.8 Å². The van der Waals surface area contributed by atoms with E-state index in [-0.39, 0.29) is 11.8 Å². The molecule has 0 aliphatic rings. The summed E-state index contributed by atoms with van der Waals surface area (Å²) in [6.45, 7) is 7.90. The molecule has 0 aliphatic carbocycles. The van der Waals surface area contributed by atoms with E-state index < -0.39 is 6.04 Å². The first-order valence-electron chi connectivity index (χ1n) is 7.48. The van der Waals surface area contributed by atoms with Crippen molar-refractivity contribution < 1.29 is 4.79 Å². The molecule has 0 radical (unpaired) electrons. The quantitative estimate of drug-likeness (QED) is 0.886. The molecular weight excluding hydrogens is 278 g/mol. The van der Waals surface area contributed by atoms with E-state index in [1.165, 1.54) is 0 Å². The summed E-state index contributed by atoms with van der Waals surface area (Å²) in [5.41, 5.74) is 8.50. The Morgan fingerprint density at radius 3 is 2.64 bits per heavy atom. The SMILES string of the molecule is CCC(C)C(N)C(=O)Nc1ccc(-n2nc(C)cc2C)nc1. The van der Waals surface area contributed by atoms with Crippen molar-refractivity contribution in [1.82, 2.24) is 14.8 Å². The van der Waals surface area contributed by atoms with Crippen LogP contribution in [0.3, 0.4) is 0 Å². The molecule has 0 aromatic carbocycles. The molecule has 0 saturated carbocycles. The number of carbonyl (C=O) groups is 1. The molecule has 2 rings (SSSR count). The van der Waals surface area contributed by atoms with Gasteiger partial charge in [0, 0.05) is 5.69 Å². The highest BCUT2D eigenvalue weighted by molar-refractivity contribution is 5.94. The number of nitrogens with one attached hydrogen (secondary N) is 1. The van der Waals surface area contributed by atoms with Crippen LogP contribution in [0, 0.1) is 19.8 Å². The predicted octanol–water partition coefficient (Wildman–Crippen LogP) is 2.20. The van der Waals surface area contributed by atoms with Gasteiger partial charge in [0.15, 0.2) is 5.82 Å². The average Bonchev–Trinajstić information content (AvgIpc) is 2.85. The van der Waals surface area contributed by atoms with Gasteiger partial charge in [-0.1, -0.05) is 20.3 Å². The van der Waals surface area contributed by atoms with Gasteiger partial charge in [-0.05, 0) is 38.0 Å². The van der Waals surface area contributed by atoms with Crippen LogP contribution in [0.5, 0.6) is 0 Å². The lowest BCUT2D eigenvalue weighted by Gasteiger charge is -2.17. The summed E-state index contributed by atoms with van der Waals surface area (Å²) in [6.07, 6.45) is 2.48. The third-order valence-electron chi connectivity index (χ3n) is 3.80. The van der Waals surface area contributed by atoms with Crippen LogP contribution in [-0.4, -0.2) is 26.7 Å². The van der Waals surface area contributed by atoms with Crippen LogP contribution >= 0.6 is 0 Å². The molecule has 2 aromatic rings. The number of pyridine rings is 1. The maximum Gasteiger partial charge on any atom is 0.241 e. The van der Waals surface area contributed by atoms with Gasteiger partial charge in [-0.15, -0.1) is 0 Å². The first kappa shape index (κ1) is 16.2. The summed E-state index contributed by atoms with van der Waals surface area (Å²) in [5.74, 6) is 0.673. The molecule has 0 saturated heterocycles. The van der Waals surface area contributed by atoms with Crippen LogP contribution < -0.4 is 11.1 Å². The molecular formula is C16H23N5O. The van der Waals surface area contributed by atoms with Crippen molar-refractivity contribution in [3.05, 3.63) is 35.8 Å². The topological polar surface area (TPSA) is 85.8 Å². The number of nitrogens with zero attached hydrogens (tertiary/aromatic N) is 3. The fourth-order valence-corrected chi connectivity index (χ4v) is 2.18. The van der Waals surface area contributed by atoms with E-state index in [9.17, 15) is 4.79 Å². The van der Waals surface area contributed by atoms with E-state index in [4.69, 9.17) is 5.73 Å². The molecule has 0 spiro atoms. The molecule has 3 N–H and O–H groups in total. The number of rotatable bonds is 5. The summed E-state index contributed by atoms with van der Waals surface area (Å²) in [7, 11) is 0. The van der Waals surface area contributed by atoms with E-state index in [1.54, 1.807) is 16.9 Å². The number of aryl methyl sites for hydroxylation is 2. The largest absolute Gasteiger partial charge is 0.323 e. The van der Waals surface area contributed by atoms with Crippen molar-refractivity contribution in [2.75, 3.05) is 5.32 Å². The van der Waals surface area contributed by atoms with Crippen LogP contribution in [0.2, 0.25) is 0 Å². The summed E-state index contributed by atoms with van der Waals surface area (Å²) < 4.78 is 1.77. The number of anilines is 1. The maximum absolute atomic E-state index is 12.0. The third-order valence-corrected chi connectivity index (χ3v) is 3.80. The molecule has 0 aliphatic heterocycles. The van der Waals surface area contributed by atoms with Gasteiger partial charge in [0.05, 0.1) is 23.6 Å². The number of hydrogen-bond donors (Lipinski definition) is 2. The Morgan fingerprint density at radius 1 is 1.41 bits per heavy atom. The van der Waals surface area contributed by atoms with Gasteiger partial charge in [0.1, 0.15) is 0 Å². The smallest absolute Gasteiger partial charge is 0.241 e. The Bertz CT molecular complexity index is 647. The van der Waals surface area contributed by atoms with E-state index >= 15 is 0 Å². The van der Waals surface area contributed by atoms with Crippen LogP contribution in [0.4, 0.5) is 5.69 Å². The lowest BCUT2D eigenvalue weighted by Crippen LogP contribution is -2.40. The third kappa shape index (κ3) is 3.51. The summed E-state index contributed by atoms with van der Waals surface area (Å²) in [4.78, 5) is 16.4. The van der Waals surface area contributed by atoms with Crippen LogP contribution in [0.25, 0.3) is 5.82 Å². The standard InChI is InChI=1S/C16H23N5O/c1-5-10(2)15(17)16(22)19-13-6-7-14(18-9-13)21-12(4)8-11(3)20-21/h6-10,15H,5,17H2,1-4H3,(H,19,22).